The minimum absolute atomic E-state index is 0.0301. The van der Waals surface area contributed by atoms with Gasteiger partial charge in [-0.2, -0.15) is 0 Å². The zero-order chi connectivity index (χ0) is 11.7. The van der Waals surface area contributed by atoms with Gasteiger partial charge in [0.15, 0.2) is 5.78 Å². The molecule has 2 nitrogen and oxygen atoms in total. The van der Waals surface area contributed by atoms with Crippen molar-refractivity contribution in [3.8, 4) is 11.3 Å². The van der Waals surface area contributed by atoms with E-state index in [1.165, 1.54) is 0 Å². The van der Waals surface area contributed by atoms with Gasteiger partial charge in [0.2, 0.25) is 0 Å². The molecule has 0 atom stereocenters. The Kier molecular flexibility index (Phi) is 2.97. The van der Waals surface area contributed by atoms with Gasteiger partial charge in [-0.05, 0) is 32.0 Å². The molecule has 2 aromatic rings. The fraction of sp³-hybridized carbons (Fsp3) is 0.154. The second-order valence-corrected chi connectivity index (χ2v) is 4.56. The maximum absolute atomic E-state index is 11.3. The summed E-state index contributed by atoms with van der Waals surface area (Å²) in [7, 11) is 0. The highest BCUT2D eigenvalue weighted by Crippen LogP contribution is 2.27. The molecule has 3 heteroatoms. The van der Waals surface area contributed by atoms with Crippen LogP contribution in [0.25, 0.3) is 11.3 Å². The number of carbonyl (C=O) groups is 1. The van der Waals surface area contributed by atoms with E-state index in [4.69, 9.17) is 4.42 Å². The Morgan fingerprint density at radius 1 is 1.31 bits per heavy atom. The Bertz CT molecular complexity index is 541. The van der Waals surface area contributed by atoms with Crippen molar-refractivity contribution in [2.45, 2.75) is 13.8 Å². The van der Waals surface area contributed by atoms with Crippen molar-refractivity contribution >= 4 is 21.7 Å². The summed E-state index contributed by atoms with van der Waals surface area (Å²) in [5, 5.41) is 0. The Labute approximate surface area is 102 Å². The van der Waals surface area contributed by atoms with Crippen LogP contribution in [0.15, 0.2) is 39.2 Å². The van der Waals surface area contributed by atoms with E-state index >= 15 is 0 Å². The summed E-state index contributed by atoms with van der Waals surface area (Å²) in [5.41, 5.74) is 1.61. The normalized spacial score (nSPS) is 10.4. The molecule has 0 amide bonds. The Balaban J connectivity index is 2.49. The zero-order valence-electron chi connectivity index (χ0n) is 9.08. The van der Waals surface area contributed by atoms with Crippen LogP contribution in [0.2, 0.25) is 0 Å². The first kappa shape index (κ1) is 11.1. The third kappa shape index (κ3) is 2.09. The van der Waals surface area contributed by atoms with Crippen LogP contribution >= 0.6 is 15.9 Å². The van der Waals surface area contributed by atoms with Crippen LogP contribution in [0.5, 0.6) is 0 Å². The summed E-state index contributed by atoms with van der Waals surface area (Å²) < 4.78 is 6.56. The molecule has 16 heavy (non-hydrogen) atoms. The Morgan fingerprint density at radius 3 is 2.62 bits per heavy atom. The van der Waals surface area contributed by atoms with Crippen LogP contribution in [0.1, 0.15) is 23.0 Å². The Hall–Kier alpha value is -1.35. The smallest absolute Gasteiger partial charge is 0.163 e. The largest absolute Gasteiger partial charge is 0.461 e. The van der Waals surface area contributed by atoms with Gasteiger partial charge in [-0.3, -0.25) is 4.79 Å². The van der Waals surface area contributed by atoms with Gasteiger partial charge in [-0.25, -0.2) is 0 Å². The third-order valence-electron chi connectivity index (χ3n) is 2.41. The van der Waals surface area contributed by atoms with Crippen molar-refractivity contribution in [1.82, 2.24) is 0 Å². The van der Waals surface area contributed by atoms with E-state index in [0.717, 1.165) is 15.8 Å². The summed E-state index contributed by atoms with van der Waals surface area (Å²) >= 11 is 3.41. The average Bonchev–Trinajstić information content (AvgIpc) is 2.60. The molecule has 0 saturated heterocycles. The SMILES string of the molecule is CC(=O)c1cc(-c2cccc(Br)c2)oc1C. The Morgan fingerprint density at radius 2 is 2.06 bits per heavy atom. The lowest BCUT2D eigenvalue weighted by Crippen LogP contribution is -1.90. The standard InChI is InChI=1S/C13H11BrO2/c1-8(15)12-7-13(16-9(12)2)10-4-3-5-11(14)6-10/h3-7H,1-2H3. The number of aryl methyl sites for hydroxylation is 1. The minimum atomic E-state index is 0.0301. The molecule has 2 rings (SSSR count). The highest BCUT2D eigenvalue weighted by atomic mass is 79.9. The molecule has 1 heterocycles. The van der Waals surface area contributed by atoms with E-state index in [1.54, 1.807) is 19.9 Å². The summed E-state index contributed by atoms with van der Waals surface area (Å²) in [6.45, 7) is 3.35. The van der Waals surface area contributed by atoms with Gasteiger partial charge in [0, 0.05) is 10.0 Å². The van der Waals surface area contributed by atoms with Crippen LogP contribution in [-0.2, 0) is 0 Å². The molecule has 0 spiro atoms. The monoisotopic (exact) mass is 278 g/mol. The van der Waals surface area contributed by atoms with E-state index in [2.05, 4.69) is 15.9 Å². The van der Waals surface area contributed by atoms with Crippen LogP contribution in [0.4, 0.5) is 0 Å². The molecule has 1 aromatic carbocycles. The molecule has 0 fully saturated rings. The van der Waals surface area contributed by atoms with Gasteiger partial charge in [-0.15, -0.1) is 0 Å². The quantitative estimate of drug-likeness (QED) is 0.770. The second-order valence-electron chi connectivity index (χ2n) is 3.65. The maximum atomic E-state index is 11.3. The molecule has 0 N–H and O–H groups in total. The number of carbonyl (C=O) groups excluding carboxylic acids is 1. The summed E-state index contributed by atoms with van der Waals surface area (Å²) in [4.78, 5) is 11.3. The molecule has 0 bridgehead atoms. The molecule has 0 aliphatic rings. The number of halogens is 1. The minimum Gasteiger partial charge on any atom is -0.461 e. The van der Waals surface area contributed by atoms with Crippen molar-refractivity contribution in [3.63, 3.8) is 0 Å². The first-order valence-corrected chi connectivity index (χ1v) is 5.74. The third-order valence-corrected chi connectivity index (χ3v) is 2.90. The van der Waals surface area contributed by atoms with Gasteiger partial charge in [0.05, 0.1) is 5.56 Å². The van der Waals surface area contributed by atoms with Crippen molar-refractivity contribution in [1.29, 1.82) is 0 Å². The highest BCUT2D eigenvalue weighted by molar-refractivity contribution is 9.10. The van der Waals surface area contributed by atoms with Crippen molar-refractivity contribution in [3.05, 3.63) is 46.1 Å². The summed E-state index contributed by atoms with van der Waals surface area (Å²) in [6, 6.07) is 9.59. The van der Waals surface area contributed by atoms with Crippen LogP contribution in [0.3, 0.4) is 0 Å². The molecule has 82 valence electrons. The van der Waals surface area contributed by atoms with Gasteiger partial charge < -0.3 is 4.42 Å². The average molecular weight is 279 g/mol. The fourth-order valence-electron chi connectivity index (χ4n) is 1.62. The predicted molar refractivity (Wildman–Crippen MR) is 66.6 cm³/mol. The van der Waals surface area contributed by atoms with Crippen molar-refractivity contribution in [2.24, 2.45) is 0 Å². The van der Waals surface area contributed by atoms with Crippen molar-refractivity contribution in [2.75, 3.05) is 0 Å². The maximum Gasteiger partial charge on any atom is 0.163 e. The van der Waals surface area contributed by atoms with Gasteiger partial charge in [0.1, 0.15) is 11.5 Å². The number of rotatable bonds is 2. The molecule has 0 aliphatic carbocycles. The first-order valence-electron chi connectivity index (χ1n) is 4.95. The van der Waals surface area contributed by atoms with E-state index in [1.807, 2.05) is 24.3 Å². The molecule has 1 aromatic heterocycles. The van der Waals surface area contributed by atoms with Gasteiger partial charge in [0.25, 0.3) is 0 Å². The predicted octanol–water partition coefficient (Wildman–Crippen LogP) is 4.22. The van der Waals surface area contributed by atoms with Gasteiger partial charge >= 0.3 is 0 Å². The molecule has 0 radical (unpaired) electrons. The molecule has 0 saturated carbocycles. The number of ketones is 1. The number of hydrogen-bond donors (Lipinski definition) is 0. The lowest BCUT2D eigenvalue weighted by molar-refractivity contribution is 0.101. The second kappa shape index (κ2) is 4.26. The fourth-order valence-corrected chi connectivity index (χ4v) is 2.01. The van der Waals surface area contributed by atoms with E-state index < -0.39 is 0 Å². The van der Waals surface area contributed by atoms with E-state index in [-0.39, 0.29) is 5.78 Å². The lowest BCUT2D eigenvalue weighted by atomic mass is 10.1. The van der Waals surface area contributed by atoms with Crippen LogP contribution in [-0.4, -0.2) is 5.78 Å². The zero-order valence-corrected chi connectivity index (χ0v) is 10.7. The number of hydrogen-bond acceptors (Lipinski definition) is 2. The molecular formula is C13H11BrO2. The summed E-state index contributed by atoms with van der Waals surface area (Å²) in [5.74, 6) is 1.42. The van der Waals surface area contributed by atoms with E-state index in [9.17, 15) is 4.79 Å². The van der Waals surface area contributed by atoms with Gasteiger partial charge in [-0.1, -0.05) is 28.1 Å². The topological polar surface area (TPSA) is 30.2 Å². The number of Topliss-reactive ketones (excluding diaryl/α,β-unsaturated/α-hetero) is 1. The first-order chi connectivity index (χ1) is 7.58. The molecular weight excluding hydrogens is 268 g/mol. The highest BCUT2D eigenvalue weighted by Gasteiger charge is 2.12. The van der Waals surface area contributed by atoms with Crippen LogP contribution < -0.4 is 0 Å². The number of furan rings is 1. The molecule has 0 unspecified atom stereocenters. The number of benzene rings is 1. The molecule has 0 aliphatic heterocycles. The lowest BCUT2D eigenvalue weighted by Gasteiger charge is -1.96. The van der Waals surface area contributed by atoms with Crippen molar-refractivity contribution < 1.29 is 9.21 Å². The van der Waals surface area contributed by atoms with Crippen LogP contribution in [0, 0.1) is 6.92 Å². The van der Waals surface area contributed by atoms with E-state index in [0.29, 0.717) is 11.3 Å². The summed E-state index contributed by atoms with van der Waals surface area (Å²) in [6.07, 6.45) is 0.